The summed E-state index contributed by atoms with van der Waals surface area (Å²) in [6.45, 7) is 0. The summed E-state index contributed by atoms with van der Waals surface area (Å²) in [4.78, 5) is 13.4. The third kappa shape index (κ3) is 3.38. The predicted octanol–water partition coefficient (Wildman–Crippen LogP) is 6.01. The summed E-state index contributed by atoms with van der Waals surface area (Å²) in [5.74, 6) is 1.34. The van der Waals surface area contributed by atoms with Crippen LogP contribution in [0.1, 0.15) is 5.56 Å². The molecule has 0 radical (unpaired) electrons. The van der Waals surface area contributed by atoms with Crippen molar-refractivity contribution in [1.82, 2.24) is 15.0 Å². The Morgan fingerprint density at radius 3 is 1.46 bits per heavy atom. The van der Waals surface area contributed by atoms with Gasteiger partial charge in [-0.25, -0.2) is 15.0 Å². The molecule has 0 amide bonds. The van der Waals surface area contributed by atoms with Crippen molar-refractivity contribution in [2.24, 2.45) is 0 Å². The fourth-order valence-corrected chi connectivity index (χ4v) is 3.62. The monoisotopic (exact) mass is 389 g/mol. The maximum Gasteiger partial charge on any atom is 0.416 e. The van der Waals surface area contributed by atoms with Gasteiger partial charge in [0.1, 0.15) is 0 Å². The van der Waals surface area contributed by atoms with E-state index in [2.05, 4.69) is 15.0 Å². The van der Waals surface area contributed by atoms with Crippen molar-refractivity contribution in [3.05, 3.63) is 63.5 Å². The molecule has 4 rings (SSSR count). The SMILES string of the molecule is FC(F)(F)c1ccc(-c2nc(-c3ccsc3)nc(-c3ccsc3)n2)cc1. The van der Waals surface area contributed by atoms with Gasteiger partial charge >= 0.3 is 6.18 Å². The van der Waals surface area contributed by atoms with Gasteiger partial charge in [0.2, 0.25) is 0 Å². The van der Waals surface area contributed by atoms with E-state index in [1.54, 1.807) is 0 Å². The number of alkyl halides is 3. The summed E-state index contributed by atoms with van der Waals surface area (Å²) in [5.41, 5.74) is 1.50. The van der Waals surface area contributed by atoms with Crippen molar-refractivity contribution in [2.45, 2.75) is 6.18 Å². The number of hydrogen-bond donors (Lipinski definition) is 0. The van der Waals surface area contributed by atoms with Crippen LogP contribution in [0.5, 0.6) is 0 Å². The van der Waals surface area contributed by atoms with Crippen LogP contribution in [0.4, 0.5) is 13.2 Å². The Morgan fingerprint density at radius 1 is 0.615 bits per heavy atom. The number of aromatic nitrogens is 3. The van der Waals surface area contributed by atoms with Crippen LogP contribution >= 0.6 is 22.7 Å². The Hall–Kier alpha value is -2.58. The first-order valence-electron chi connectivity index (χ1n) is 7.49. The van der Waals surface area contributed by atoms with Crippen molar-refractivity contribution < 1.29 is 13.2 Å². The van der Waals surface area contributed by atoms with Crippen LogP contribution in [0.2, 0.25) is 0 Å². The highest BCUT2D eigenvalue weighted by atomic mass is 32.1. The molecule has 0 spiro atoms. The summed E-state index contributed by atoms with van der Waals surface area (Å²) in [5, 5.41) is 7.68. The first-order chi connectivity index (χ1) is 12.5. The lowest BCUT2D eigenvalue weighted by molar-refractivity contribution is -0.137. The lowest BCUT2D eigenvalue weighted by atomic mass is 10.1. The molecule has 0 atom stereocenters. The van der Waals surface area contributed by atoms with E-state index in [0.717, 1.165) is 23.3 Å². The molecule has 0 saturated carbocycles. The second-order valence-corrected chi connectivity index (χ2v) is 6.97. The highest BCUT2D eigenvalue weighted by Gasteiger charge is 2.30. The van der Waals surface area contributed by atoms with Crippen molar-refractivity contribution in [2.75, 3.05) is 0 Å². The fourth-order valence-electron chi connectivity index (χ4n) is 2.35. The maximum absolute atomic E-state index is 12.8. The Labute approximate surface area is 154 Å². The molecule has 8 heteroatoms. The minimum atomic E-state index is -4.37. The van der Waals surface area contributed by atoms with Crippen molar-refractivity contribution in [3.63, 3.8) is 0 Å². The molecule has 0 fully saturated rings. The number of thiophene rings is 2. The Kier molecular flexibility index (Phi) is 4.29. The van der Waals surface area contributed by atoms with Gasteiger partial charge in [0.15, 0.2) is 17.5 Å². The summed E-state index contributed by atoms with van der Waals surface area (Å²) in [6.07, 6.45) is -4.37. The van der Waals surface area contributed by atoms with E-state index in [1.165, 1.54) is 34.8 Å². The third-order valence-corrected chi connectivity index (χ3v) is 5.03. The van der Waals surface area contributed by atoms with Gasteiger partial charge in [-0.15, -0.1) is 0 Å². The van der Waals surface area contributed by atoms with Crippen LogP contribution in [0.25, 0.3) is 34.2 Å². The average Bonchev–Trinajstić information content (AvgIpc) is 3.34. The van der Waals surface area contributed by atoms with E-state index in [1.807, 2.05) is 33.7 Å². The van der Waals surface area contributed by atoms with Crippen LogP contribution in [-0.4, -0.2) is 15.0 Å². The van der Waals surface area contributed by atoms with E-state index in [4.69, 9.17) is 0 Å². The Bertz CT molecular complexity index is 957. The largest absolute Gasteiger partial charge is 0.416 e. The topological polar surface area (TPSA) is 38.7 Å². The first-order valence-corrected chi connectivity index (χ1v) is 9.38. The van der Waals surface area contributed by atoms with Gasteiger partial charge in [-0.2, -0.15) is 35.8 Å². The van der Waals surface area contributed by atoms with Gasteiger partial charge < -0.3 is 0 Å². The molecule has 0 aliphatic rings. The molecule has 3 heterocycles. The number of nitrogens with zero attached hydrogens (tertiary/aromatic N) is 3. The van der Waals surface area contributed by atoms with Gasteiger partial charge in [-0.1, -0.05) is 12.1 Å². The normalized spacial score (nSPS) is 11.7. The summed E-state index contributed by atoms with van der Waals surface area (Å²) in [6, 6.07) is 8.63. The van der Waals surface area contributed by atoms with Gasteiger partial charge in [0, 0.05) is 27.5 Å². The molecule has 0 N–H and O–H groups in total. The van der Waals surface area contributed by atoms with Gasteiger partial charge in [0.25, 0.3) is 0 Å². The first kappa shape index (κ1) is 16.9. The zero-order valence-corrected chi connectivity index (χ0v) is 14.7. The fraction of sp³-hybridized carbons (Fsp3) is 0.0556. The highest BCUT2D eigenvalue weighted by Crippen LogP contribution is 2.31. The van der Waals surface area contributed by atoms with E-state index in [0.29, 0.717) is 23.0 Å². The molecular weight excluding hydrogens is 379 g/mol. The number of benzene rings is 1. The summed E-state index contributed by atoms with van der Waals surface area (Å²) >= 11 is 3.04. The average molecular weight is 389 g/mol. The van der Waals surface area contributed by atoms with Crippen molar-refractivity contribution in [1.29, 1.82) is 0 Å². The van der Waals surface area contributed by atoms with E-state index in [9.17, 15) is 13.2 Å². The highest BCUT2D eigenvalue weighted by molar-refractivity contribution is 7.08. The van der Waals surface area contributed by atoms with Gasteiger partial charge in [-0.05, 0) is 35.0 Å². The smallest absolute Gasteiger partial charge is 0.208 e. The minimum Gasteiger partial charge on any atom is -0.208 e. The van der Waals surface area contributed by atoms with E-state index >= 15 is 0 Å². The van der Waals surface area contributed by atoms with Crippen LogP contribution in [0.15, 0.2) is 57.9 Å². The van der Waals surface area contributed by atoms with Crippen LogP contribution in [0.3, 0.4) is 0 Å². The summed E-state index contributed by atoms with van der Waals surface area (Å²) in [7, 11) is 0. The van der Waals surface area contributed by atoms with E-state index < -0.39 is 11.7 Å². The molecule has 1 aromatic carbocycles. The molecule has 0 unspecified atom stereocenters. The number of halogens is 3. The Balaban J connectivity index is 1.83. The Morgan fingerprint density at radius 2 is 1.08 bits per heavy atom. The van der Waals surface area contributed by atoms with Crippen molar-refractivity contribution in [3.8, 4) is 34.2 Å². The predicted molar refractivity (Wildman–Crippen MR) is 96.9 cm³/mol. The van der Waals surface area contributed by atoms with Gasteiger partial charge in [0.05, 0.1) is 5.56 Å². The molecule has 0 aliphatic heterocycles. The molecule has 0 saturated heterocycles. The second kappa shape index (κ2) is 6.62. The van der Waals surface area contributed by atoms with Crippen molar-refractivity contribution >= 4 is 22.7 Å². The molecule has 130 valence electrons. The number of hydrogen-bond acceptors (Lipinski definition) is 5. The molecule has 0 bridgehead atoms. The lowest BCUT2D eigenvalue weighted by Crippen LogP contribution is -2.04. The zero-order chi connectivity index (χ0) is 18.1. The van der Waals surface area contributed by atoms with Gasteiger partial charge in [-0.3, -0.25) is 0 Å². The lowest BCUT2D eigenvalue weighted by Gasteiger charge is -2.09. The molecule has 4 aromatic rings. The molecular formula is C18H10F3N3S2. The summed E-state index contributed by atoms with van der Waals surface area (Å²) < 4.78 is 38.3. The quantitative estimate of drug-likeness (QED) is 0.430. The minimum absolute atomic E-state index is 0.344. The molecule has 3 aromatic heterocycles. The number of rotatable bonds is 3. The maximum atomic E-state index is 12.8. The zero-order valence-electron chi connectivity index (χ0n) is 13.1. The van der Waals surface area contributed by atoms with E-state index in [-0.39, 0.29) is 0 Å². The molecule has 3 nitrogen and oxygen atoms in total. The van der Waals surface area contributed by atoms with Crippen LogP contribution < -0.4 is 0 Å². The molecule has 0 aliphatic carbocycles. The van der Waals surface area contributed by atoms with Crippen LogP contribution in [-0.2, 0) is 6.18 Å². The second-order valence-electron chi connectivity index (χ2n) is 5.41. The van der Waals surface area contributed by atoms with Crippen LogP contribution in [0, 0.1) is 0 Å². The molecule has 26 heavy (non-hydrogen) atoms. The standard InChI is InChI=1S/C18H10F3N3S2/c19-18(20,21)14-3-1-11(2-4-14)15-22-16(12-5-7-25-9-12)24-17(23-15)13-6-8-26-10-13/h1-10H. The third-order valence-electron chi connectivity index (χ3n) is 3.66.